The number of carbonyl (C=O) groups excluding carboxylic acids is 1. The molecular weight excluding hydrogens is 184 g/mol. The first-order valence-electron chi connectivity index (χ1n) is 3.94. The van der Waals surface area contributed by atoms with E-state index in [1.54, 1.807) is 13.8 Å². The normalized spacial score (nSPS) is 12.2. The van der Waals surface area contributed by atoms with Crippen molar-refractivity contribution < 1.29 is 4.79 Å². The first kappa shape index (κ1) is 9.87. The summed E-state index contributed by atoms with van der Waals surface area (Å²) in [6.07, 6.45) is 0. The van der Waals surface area contributed by atoms with Gasteiger partial charge < -0.3 is 0 Å². The van der Waals surface area contributed by atoms with E-state index in [4.69, 9.17) is 5.26 Å². The molecule has 1 rings (SSSR count). The number of carbonyl (C=O) groups is 1. The van der Waals surface area contributed by atoms with Crippen molar-refractivity contribution in [2.75, 3.05) is 0 Å². The Morgan fingerprint density at radius 2 is 2.23 bits per heavy atom. The number of ketones is 1. The van der Waals surface area contributed by atoms with Crippen LogP contribution in [0.3, 0.4) is 0 Å². The van der Waals surface area contributed by atoms with Gasteiger partial charge in [-0.2, -0.15) is 5.26 Å². The smallest absolute Gasteiger partial charge is 0.191 e. The highest BCUT2D eigenvalue weighted by Gasteiger charge is 2.19. The lowest BCUT2D eigenvalue weighted by atomic mass is 10.1. The summed E-state index contributed by atoms with van der Waals surface area (Å²) in [6, 6.07) is 1.93. The predicted molar refractivity (Wildman–Crippen MR) is 50.7 cm³/mol. The summed E-state index contributed by atoms with van der Waals surface area (Å²) in [7, 11) is 0. The highest BCUT2D eigenvalue weighted by Crippen LogP contribution is 2.20. The van der Waals surface area contributed by atoms with E-state index in [9.17, 15) is 4.79 Å². The highest BCUT2D eigenvalue weighted by molar-refractivity contribution is 7.13. The summed E-state index contributed by atoms with van der Waals surface area (Å²) in [5.41, 5.74) is 0.731. The van der Waals surface area contributed by atoms with Crippen LogP contribution in [0.15, 0.2) is 0 Å². The van der Waals surface area contributed by atoms with Crippen LogP contribution >= 0.6 is 11.3 Å². The first-order chi connectivity index (χ1) is 6.06. The van der Waals surface area contributed by atoms with Gasteiger partial charge in [-0.15, -0.1) is 11.3 Å². The molecule has 0 aliphatic carbocycles. The minimum Gasteiger partial charge on any atom is -0.292 e. The first-order valence-corrected chi connectivity index (χ1v) is 4.75. The third-order valence-electron chi connectivity index (χ3n) is 1.71. The SMILES string of the molecule is Cc1nc(C)c(C(=O)C(C)C#N)s1. The Bertz CT molecular complexity index is 375. The van der Waals surface area contributed by atoms with Gasteiger partial charge in [0, 0.05) is 0 Å². The van der Waals surface area contributed by atoms with Crippen molar-refractivity contribution in [2.24, 2.45) is 5.92 Å². The van der Waals surface area contributed by atoms with E-state index in [2.05, 4.69) is 4.98 Å². The largest absolute Gasteiger partial charge is 0.292 e. The van der Waals surface area contributed by atoms with Crippen LogP contribution in [0.2, 0.25) is 0 Å². The fourth-order valence-electron chi connectivity index (χ4n) is 1.02. The van der Waals surface area contributed by atoms with Gasteiger partial charge in [0.05, 0.1) is 21.6 Å². The molecule has 0 radical (unpaired) electrons. The molecule has 3 nitrogen and oxygen atoms in total. The molecule has 0 bridgehead atoms. The summed E-state index contributed by atoms with van der Waals surface area (Å²) in [4.78, 5) is 16.3. The van der Waals surface area contributed by atoms with Crippen molar-refractivity contribution in [2.45, 2.75) is 20.8 Å². The van der Waals surface area contributed by atoms with Gasteiger partial charge in [-0.05, 0) is 20.8 Å². The average Bonchev–Trinajstić information content (AvgIpc) is 2.42. The molecule has 0 spiro atoms. The molecular formula is C9H10N2OS. The Kier molecular flexibility index (Phi) is 2.79. The minimum absolute atomic E-state index is 0.120. The molecule has 1 aromatic heterocycles. The van der Waals surface area contributed by atoms with Gasteiger partial charge in [0.1, 0.15) is 5.92 Å². The molecule has 0 fully saturated rings. The summed E-state index contributed by atoms with van der Waals surface area (Å²) >= 11 is 1.35. The quantitative estimate of drug-likeness (QED) is 0.677. The maximum Gasteiger partial charge on any atom is 0.191 e. The third-order valence-corrected chi connectivity index (χ3v) is 2.80. The molecule has 0 N–H and O–H groups in total. The summed E-state index contributed by atoms with van der Waals surface area (Å²) in [6.45, 7) is 5.25. The van der Waals surface area contributed by atoms with E-state index >= 15 is 0 Å². The zero-order valence-corrected chi connectivity index (χ0v) is 8.60. The standard InChI is InChI=1S/C9H10N2OS/c1-5(4-10)8(12)9-6(2)11-7(3)13-9/h5H,1-3H3. The van der Waals surface area contributed by atoms with Gasteiger partial charge in [-0.1, -0.05) is 0 Å². The van der Waals surface area contributed by atoms with Crippen LogP contribution in [-0.4, -0.2) is 10.8 Å². The lowest BCUT2D eigenvalue weighted by Gasteiger charge is -1.97. The summed E-state index contributed by atoms with van der Waals surface area (Å²) in [5.74, 6) is -0.691. The van der Waals surface area contributed by atoms with Crippen molar-refractivity contribution in [3.8, 4) is 6.07 Å². The zero-order valence-electron chi connectivity index (χ0n) is 7.79. The Morgan fingerprint density at radius 3 is 2.62 bits per heavy atom. The summed E-state index contributed by atoms with van der Waals surface area (Å²) < 4.78 is 0. The van der Waals surface area contributed by atoms with Gasteiger partial charge in [0.15, 0.2) is 5.78 Å². The van der Waals surface area contributed by atoms with Crippen molar-refractivity contribution in [3.05, 3.63) is 15.6 Å². The van der Waals surface area contributed by atoms with Crippen LogP contribution < -0.4 is 0 Å². The Morgan fingerprint density at radius 1 is 1.62 bits per heavy atom. The zero-order chi connectivity index (χ0) is 10.0. The maximum atomic E-state index is 11.6. The topological polar surface area (TPSA) is 53.8 Å². The van der Waals surface area contributed by atoms with Gasteiger partial charge >= 0.3 is 0 Å². The number of nitrogens with zero attached hydrogens (tertiary/aromatic N) is 2. The Labute approximate surface area is 81.0 Å². The van der Waals surface area contributed by atoms with Gasteiger partial charge in [-0.25, -0.2) is 4.98 Å². The molecule has 0 saturated heterocycles. The molecule has 0 saturated carbocycles. The monoisotopic (exact) mass is 194 g/mol. The van der Waals surface area contributed by atoms with Crippen molar-refractivity contribution in [3.63, 3.8) is 0 Å². The van der Waals surface area contributed by atoms with Crippen molar-refractivity contribution in [1.82, 2.24) is 4.98 Å². The number of hydrogen-bond donors (Lipinski definition) is 0. The molecule has 4 heteroatoms. The summed E-state index contributed by atoms with van der Waals surface area (Å²) in [5, 5.41) is 9.44. The number of nitriles is 1. The lowest BCUT2D eigenvalue weighted by Crippen LogP contribution is -2.08. The number of aromatic nitrogens is 1. The lowest BCUT2D eigenvalue weighted by molar-refractivity contribution is 0.0960. The number of hydrogen-bond acceptors (Lipinski definition) is 4. The van der Waals surface area contributed by atoms with Crippen LogP contribution in [0.25, 0.3) is 0 Å². The van der Waals surface area contributed by atoms with E-state index in [1.165, 1.54) is 11.3 Å². The van der Waals surface area contributed by atoms with Crippen molar-refractivity contribution >= 4 is 17.1 Å². The van der Waals surface area contributed by atoms with Gasteiger partial charge in [0.25, 0.3) is 0 Å². The van der Waals surface area contributed by atoms with E-state index in [0.29, 0.717) is 4.88 Å². The molecule has 1 aromatic rings. The molecule has 68 valence electrons. The minimum atomic E-state index is -0.571. The molecule has 0 aromatic carbocycles. The number of thiazole rings is 1. The molecule has 0 aliphatic rings. The van der Waals surface area contributed by atoms with Crippen LogP contribution in [-0.2, 0) is 0 Å². The molecule has 1 atom stereocenters. The number of rotatable bonds is 2. The van der Waals surface area contributed by atoms with Crippen LogP contribution in [0.4, 0.5) is 0 Å². The van der Waals surface area contributed by atoms with Crippen LogP contribution in [0.1, 0.15) is 27.3 Å². The van der Waals surface area contributed by atoms with E-state index < -0.39 is 5.92 Å². The second-order valence-electron chi connectivity index (χ2n) is 2.86. The number of Topliss-reactive ketones (excluding diaryl/α,β-unsaturated/α-hetero) is 1. The van der Waals surface area contributed by atoms with Gasteiger partial charge in [0.2, 0.25) is 0 Å². The Hall–Kier alpha value is -1.21. The van der Waals surface area contributed by atoms with Crippen LogP contribution in [0, 0.1) is 31.1 Å². The second-order valence-corrected chi connectivity index (χ2v) is 4.07. The predicted octanol–water partition coefficient (Wildman–Crippen LogP) is 2.10. The van der Waals surface area contributed by atoms with E-state index in [-0.39, 0.29) is 5.78 Å². The highest BCUT2D eigenvalue weighted by atomic mass is 32.1. The molecule has 0 aliphatic heterocycles. The van der Waals surface area contributed by atoms with E-state index in [1.807, 2.05) is 13.0 Å². The molecule has 0 amide bonds. The fraction of sp³-hybridized carbons (Fsp3) is 0.444. The van der Waals surface area contributed by atoms with Crippen LogP contribution in [0.5, 0.6) is 0 Å². The number of aryl methyl sites for hydroxylation is 2. The molecule has 1 heterocycles. The molecule has 13 heavy (non-hydrogen) atoms. The van der Waals surface area contributed by atoms with Crippen molar-refractivity contribution in [1.29, 1.82) is 5.26 Å². The Balaban J connectivity index is 3.03. The average molecular weight is 194 g/mol. The van der Waals surface area contributed by atoms with E-state index in [0.717, 1.165) is 10.7 Å². The fourth-order valence-corrected chi connectivity index (χ4v) is 1.96. The maximum absolute atomic E-state index is 11.6. The molecule has 1 unspecified atom stereocenters. The van der Waals surface area contributed by atoms with Gasteiger partial charge in [-0.3, -0.25) is 4.79 Å². The second kappa shape index (κ2) is 3.67. The third kappa shape index (κ3) is 1.93.